The van der Waals surface area contributed by atoms with Gasteiger partial charge in [-0.05, 0) is 31.0 Å². The van der Waals surface area contributed by atoms with Crippen LogP contribution in [0.15, 0.2) is 24.4 Å². The highest BCUT2D eigenvalue weighted by Crippen LogP contribution is 2.33. The van der Waals surface area contributed by atoms with Crippen LogP contribution in [0, 0.1) is 0 Å². The van der Waals surface area contributed by atoms with Crippen LogP contribution in [0.3, 0.4) is 0 Å². The van der Waals surface area contributed by atoms with Gasteiger partial charge in [0.15, 0.2) is 5.65 Å². The third-order valence-corrected chi connectivity index (χ3v) is 4.79. The topological polar surface area (TPSA) is 103 Å². The van der Waals surface area contributed by atoms with E-state index in [2.05, 4.69) is 25.7 Å². The molecule has 0 bridgehead atoms. The molecule has 9 heteroatoms. The van der Waals surface area contributed by atoms with E-state index in [4.69, 9.17) is 22.1 Å². The Bertz CT molecular complexity index is 967. The van der Waals surface area contributed by atoms with Crippen LogP contribution in [-0.4, -0.2) is 38.9 Å². The fraction of sp³-hybridized carbons (Fsp3) is 0.353. The van der Waals surface area contributed by atoms with Crippen LogP contribution < -0.4 is 21.1 Å². The molecule has 1 saturated carbocycles. The molecule has 4 rings (SSSR count). The predicted molar refractivity (Wildman–Crippen MR) is 102 cm³/mol. The molecule has 1 aliphatic rings. The lowest BCUT2D eigenvalue weighted by Crippen LogP contribution is -2.31. The summed E-state index contributed by atoms with van der Waals surface area (Å²) in [4.78, 5) is 9.15. The van der Waals surface area contributed by atoms with Crippen molar-refractivity contribution in [3.8, 4) is 5.75 Å². The quantitative estimate of drug-likeness (QED) is 0.610. The van der Waals surface area contributed by atoms with Gasteiger partial charge < -0.3 is 21.1 Å². The van der Waals surface area contributed by atoms with Gasteiger partial charge in [-0.25, -0.2) is 0 Å². The van der Waals surface area contributed by atoms with Gasteiger partial charge in [0.25, 0.3) is 0 Å². The first-order chi connectivity index (χ1) is 12.5. The lowest BCUT2D eigenvalue weighted by Gasteiger charge is -2.13. The van der Waals surface area contributed by atoms with E-state index in [-0.39, 0.29) is 5.54 Å². The first-order valence-corrected chi connectivity index (χ1v) is 8.68. The van der Waals surface area contributed by atoms with E-state index < -0.39 is 0 Å². The smallest absolute Gasteiger partial charge is 0.226 e. The molecule has 0 amide bonds. The van der Waals surface area contributed by atoms with Crippen molar-refractivity contribution in [2.24, 2.45) is 12.8 Å². The van der Waals surface area contributed by atoms with Crippen molar-refractivity contribution in [1.82, 2.24) is 19.7 Å². The number of halogens is 1. The molecular weight excluding hydrogens is 354 g/mol. The maximum Gasteiger partial charge on any atom is 0.226 e. The lowest BCUT2D eigenvalue weighted by molar-refractivity contribution is 0.415. The number of ether oxygens (including phenoxy) is 1. The molecule has 1 aliphatic carbocycles. The summed E-state index contributed by atoms with van der Waals surface area (Å²) in [6, 6.07) is 5.47. The Hall–Kier alpha value is -2.58. The van der Waals surface area contributed by atoms with Gasteiger partial charge in [0, 0.05) is 24.8 Å². The van der Waals surface area contributed by atoms with Crippen molar-refractivity contribution in [2.45, 2.75) is 18.4 Å². The minimum Gasteiger partial charge on any atom is -0.495 e. The van der Waals surface area contributed by atoms with E-state index in [1.54, 1.807) is 30.1 Å². The van der Waals surface area contributed by atoms with Gasteiger partial charge >= 0.3 is 0 Å². The largest absolute Gasteiger partial charge is 0.495 e. The van der Waals surface area contributed by atoms with E-state index in [0.717, 1.165) is 29.6 Å². The number of anilines is 3. The van der Waals surface area contributed by atoms with Crippen LogP contribution in [0.1, 0.15) is 12.8 Å². The zero-order chi connectivity index (χ0) is 18.3. The van der Waals surface area contributed by atoms with Crippen LogP contribution in [0.4, 0.5) is 17.5 Å². The average molecular weight is 374 g/mol. The summed E-state index contributed by atoms with van der Waals surface area (Å²) in [7, 11) is 3.43. The summed E-state index contributed by atoms with van der Waals surface area (Å²) in [5, 5.41) is 12.1. The van der Waals surface area contributed by atoms with Gasteiger partial charge in [0.1, 0.15) is 11.6 Å². The molecule has 0 saturated heterocycles. The molecule has 2 heterocycles. The number of nitrogens with one attached hydrogen (secondary N) is 2. The van der Waals surface area contributed by atoms with E-state index in [9.17, 15) is 0 Å². The molecule has 26 heavy (non-hydrogen) atoms. The summed E-state index contributed by atoms with van der Waals surface area (Å²) in [6.45, 7) is 0.643. The lowest BCUT2D eigenvalue weighted by atomic mass is 10.3. The van der Waals surface area contributed by atoms with Crippen LogP contribution in [0.5, 0.6) is 5.75 Å². The average Bonchev–Trinajstić information content (AvgIpc) is 3.25. The zero-order valence-corrected chi connectivity index (χ0v) is 15.3. The Kier molecular flexibility index (Phi) is 4.08. The molecule has 0 spiro atoms. The normalized spacial score (nSPS) is 15.1. The Balaban J connectivity index is 1.67. The first-order valence-electron chi connectivity index (χ1n) is 8.30. The van der Waals surface area contributed by atoms with Gasteiger partial charge in [-0.3, -0.25) is 4.68 Å². The Morgan fingerprint density at radius 2 is 2.15 bits per heavy atom. The van der Waals surface area contributed by atoms with Crippen molar-refractivity contribution in [1.29, 1.82) is 0 Å². The molecule has 4 N–H and O–H groups in total. The van der Waals surface area contributed by atoms with Gasteiger partial charge in [0.05, 0.1) is 23.7 Å². The number of hydrogen-bond acceptors (Lipinski definition) is 7. The standard InChI is InChI=1S/C17H20ClN7O/c1-25-15-11(8-21-25)14(22-10-3-4-13(26-2)12(18)7-10)23-16(24-15)20-9-17(19)5-6-17/h3-4,7-8H,5-6,9,19H2,1-2H3,(H2,20,22,23,24). The van der Waals surface area contributed by atoms with Gasteiger partial charge in [-0.1, -0.05) is 11.6 Å². The fourth-order valence-corrected chi connectivity index (χ4v) is 2.93. The summed E-state index contributed by atoms with van der Waals surface area (Å²) in [6.07, 6.45) is 3.77. The van der Waals surface area contributed by atoms with Gasteiger partial charge in [-0.2, -0.15) is 15.1 Å². The zero-order valence-electron chi connectivity index (χ0n) is 14.6. The molecule has 136 valence electrons. The number of rotatable bonds is 6. The monoisotopic (exact) mass is 373 g/mol. The third-order valence-electron chi connectivity index (χ3n) is 4.50. The molecule has 0 unspecified atom stereocenters. The summed E-state index contributed by atoms with van der Waals surface area (Å²) in [5.41, 5.74) is 7.53. The summed E-state index contributed by atoms with van der Waals surface area (Å²) in [5.74, 6) is 1.78. The van der Waals surface area contributed by atoms with Crippen molar-refractivity contribution in [2.75, 3.05) is 24.3 Å². The van der Waals surface area contributed by atoms with Crippen molar-refractivity contribution in [3.63, 3.8) is 0 Å². The molecular formula is C17H20ClN7O. The maximum absolute atomic E-state index is 6.22. The number of methoxy groups -OCH3 is 1. The van der Waals surface area contributed by atoms with Gasteiger partial charge in [-0.15, -0.1) is 0 Å². The number of aryl methyl sites for hydroxylation is 1. The summed E-state index contributed by atoms with van der Waals surface area (Å²) < 4.78 is 6.90. The number of benzene rings is 1. The molecule has 2 aromatic heterocycles. The molecule has 1 aromatic carbocycles. The van der Waals surface area contributed by atoms with E-state index in [0.29, 0.717) is 29.1 Å². The second-order valence-corrected chi connectivity index (χ2v) is 7.00. The van der Waals surface area contributed by atoms with Crippen molar-refractivity contribution in [3.05, 3.63) is 29.4 Å². The molecule has 1 fully saturated rings. The Labute approximate surface area is 155 Å². The molecule has 8 nitrogen and oxygen atoms in total. The van der Waals surface area contributed by atoms with E-state index in [1.165, 1.54) is 0 Å². The van der Waals surface area contributed by atoms with Crippen molar-refractivity contribution < 1.29 is 4.74 Å². The van der Waals surface area contributed by atoms with Gasteiger partial charge in [0.2, 0.25) is 5.95 Å². The molecule has 0 aliphatic heterocycles. The molecule has 0 atom stereocenters. The minimum atomic E-state index is -0.137. The second-order valence-electron chi connectivity index (χ2n) is 6.59. The number of aromatic nitrogens is 4. The van der Waals surface area contributed by atoms with Crippen LogP contribution in [0.2, 0.25) is 5.02 Å². The third kappa shape index (κ3) is 3.25. The van der Waals surface area contributed by atoms with Crippen LogP contribution >= 0.6 is 11.6 Å². The molecule has 3 aromatic rings. The Morgan fingerprint density at radius 3 is 2.85 bits per heavy atom. The number of fused-ring (bicyclic) bond motifs is 1. The SMILES string of the molecule is COc1ccc(Nc2nc(NCC3(N)CC3)nc3c2cnn3C)cc1Cl. The van der Waals surface area contributed by atoms with Crippen LogP contribution in [0.25, 0.3) is 11.0 Å². The predicted octanol–water partition coefficient (Wildman–Crippen LogP) is 2.67. The first kappa shape index (κ1) is 16.9. The minimum absolute atomic E-state index is 0.137. The number of hydrogen-bond donors (Lipinski definition) is 3. The highest BCUT2D eigenvalue weighted by Gasteiger charge is 2.38. The second kappa shape index (κ2) is 6.30. The molecule has 0 radical (unpaired) electrons. The van der Waals surface area contributed by atoms with E-state index in [1.807, 2.05) is 13.1 Å². The fourth-order valence-electron chi connectivity index (χ4n) is 2.67. The maximum atomic E-state index is 6.22. The Morgan fingerprint density at radius 1 is 1.35 bits per heavy atom. The number of nitrogens with two attached hydrogens (primary N) is 1. The van der Waals surface area contributed by atoms with Crippen LogP contribution in [-0.2, 0) is 7.05 Å². The highest BCUT2D eigenvalue weighted by atomic mass is 35.5. The number of nitrogens with zero attached hydrogens (tertiary/aromatic N) is 4. The highest BCUT2D eigenvalue weighted by molar-refractivity contribution is 6.32. The van der Waals surface area contributed by atoms with Crippen molar-refractivity contribution >= 4 is 40.1 Å². The summed E-state index contributed by atoms with van der Waals surface area (Å²) >= 11 is 6.22. The van der Waals surface area contributed by atoms with E-state index >= 15 is 0 Å².